The molecule has 0 aromatic rings. The van der Waals surface area contributed by atoms with Crippen LogP contribution in [0.5, 0.6) is 0 Å². The lowest BCUT2D eigenvalue weighted by molar-refractivity contribution is -0.593. The van der Waals surface area contributed by atoms with Crippen molar-refractivity contribution in [1.29, 1.82) is 0 Å². The summed E-state index contributed by atoms with van der Waals surface area (Å²) in [5.41, 5.74) is 0. The Labute approximate surface area is 274 Å². The molecule has 6 aliphatic heterocycles. The van der Waals surface area contributed by atoms with Crippen LogP contribution in [0.4, 0.5) is 0 Å². The molecule has 8 nitrogen and oxygen atoms in total. The summed E-state index contributed by atoms with van der Waals surface area (Å²) in [6, 6.07) is 3.89. The number of rotatable bonds is 16. The molecule has 0 spiro atoms. The molecule has 0 radical (unpaired) electrons. The minimum absolute atomic E-state index is 0.0225. The Bertz CT molecular complexity index is 1060. The van der Waals surface area contributed by atoms with E-state index in [1.807, 2.05) is 0 Å². The van der Waals surface area contributed by atoms with Gasteiger partial charge in [0, 0.05) is 31.0 Å². The molecular weight excluding hydrogens is 560 g/mol. The molecule has 3 fully saturated rings. The van der Waals surface area contributed by atoms with E-state index in [4.69, 9.17) is 9.73 Å². The maximum Gasteiger partial charge on any atom is 0.346 e. The molecule has 0 aromatic heterocycles. The van der Waals surface area contributed by atoms with Crippen LogP contribution in [0.15, 0.2) is 4.99 Å². The minimum Gasteiger partial charge on any atom is -0.462 e. The molecule has 0 bridgehead atoms. The number of hydrogen-bond acceptors (Lipinski definition) is 7. The Morgan fingerprint density at radius 3 is 2.33 bits per heavy atom. The molecule has 0 aromatic carbocycles. The van der Waals surface area contributed by atoms with E-state index in [1.165, 1.54) is 115 Å². The molecule has 8 heteroatoms. The highest BCUT2D eigenvalue weighted by molar-refractivity contribution is 5.86. The Morgan fingerprint density at radius 2 is 1.56 bits per heavy atom. The topological polar surface area (TPSA) is 81.0 Å². The highest BCUT2D eigenvalue weighted by Gasteiger charge is 2.51. The molecule has 3 saturated heterocycles. The highest BCUT2D eigenvalue weighted by atomic mass is 16.5. The molecule has 6 rings (SSSR count). The van der Waals surface area contributed by atoms with Crippen molar-refractivity contribution in [1.82, 2.24) is 20.9 Å². The molecule has 6 aliphatic rings. The number of guanidine groups is 2. The number of hydrogen-bond donors (Lipinski definition) is 3. The molecule has 45 heavy (non-hydrogen) atoms. The van der Waals surface area contributed by atoms with E-state index in [-0.39, 0.29) is 30.1 Å². The summed E-state index contributed by atoms with van der Waals surface area (Å²) >= 11 is 0. The minimum atomic E-state index is -0.150. The van der Waals surface area contributed by atoms with Crippen molar-refractivity contribution in [2.24, 2.45) is 10.9 Å². The number of nitrogens with zero attached hydrogens (tertiary/aromatic N) is 3. The van der Waals surface area contributed by atoms with Crippen LogP contribution in [-0.2, 0) is 9.53 Å². The average molecular weight is 626 g/mol. The Balaban J connectivity index is 0.898. The predicted molar refractivity (Wildman–Crippen MR) is 183 cm³/mol. The van der Waals surface area contributed by atoms with Gasteiger partial charge in [-0.3, -0.25) is 20.0 Å². The third kappa shape index (κ3) is 7.77. The summed E-state index contributed by atoms with van der Waals surface area (Å²) in [4.78, 5) is 21.1. The van der Waals surface area contributed by atoms with Gasteiger partial charge in [-0.05, 0) is 78.6 Å². The predicted octanol–water partition coefficient (Wildman–Crippen LogP) is 6.22. The summed E-state index contributed by atoms with van der Waals surface area (Å²) < 4.78 is 8.79. The molecule has 0 unspecified atom stereocenters. The van der Waals surface area contributed by atoms with Crippen LogP contribution in [0.25, 0.3) is 0 Å². The first-order valence-electron chi connectivity index (χ1n) is 19.4. The fourth-order valence-corrected chi connectivity index (χ4v) is 9.85. The van der Waals surface area contributed by atoms with Gasteiger partial charge in [0.1, 0.15) is 0 Å². The molecule has 0 saturated carbocycles. The van der Waals surface area contributed by atoms with Gasteiger partial charge in [0.15, 0.2) is 5.96 Å². The summed E-state index contributed by atoms with van der Waals surface area (Å²) in [5, 5.41) is 11.4. The zero-order chi connectivity index (χ0) is 31.3. The van der Waals surface area contributed by atoms with E-state index >= 15 is 0 Å². The fraction of sp³-hybridized carbons (Fsp3) is 0.919. The zero-order valence-electron chi connectivity index (χ0n) is 29.1. The lowest BCUT2D eigenvalue weighted by Gasteiger charge is -2.47. The van der Waals surface area contributed by atoms with Crippen molar-refractivity contribution < 1.29 is 14.1 Å². The first kappa shape index (κ1) is 32.9. The quantitative estimate of drug-likeness (QED) is 0.107. The van der Waals surface area contributed by atoms with Crippen LogP contribution in [-0.4, -0.2) is 81.8 Å². The van der Waals surface area contributed by atoms with Crippen molar-refractivity contribution >= 4 is 17.9 Å². The number of esters is 1. The van der Waals surface area contributed by atoms with Crippen molar-refractivity contribution in [2.45, 2.75) is 211 Å². The van der Waals surface area contributed by atoms with E-state index in [0.717, 1.165) is 37.3 Å². The molecule has 3 N–H and O–H groups in total. The summed E-state index contributed by atoms with van der Waals surface area (Å²) in [6.07, 6.45) is 25.2. The number of ether oxygens (including phenoxy) is 1. The van der Waals surface area contributed by atoms with Gasteiger partial charge in [-0.15, -0.1) is 0 Å². The van der Waals surface area contributed by atoms with E-state index in [2.05, 4.69) is 53.1 Å². The van der Waals surface area contributed by atoms with E-state index in [1.54, 1.807) is 0 Å². The fourth-order valence-electron chi connectivity index (χ4n) is 9.85. The van der Waals surface area contributed by atoms with Gasteiger partial charge in [0.05, 0.1) is 42.2 Å². The van der Waals surface area contributed by atoms with E-state index in [9.17, 15) is 4.79 Å². The van der Waals surface area contributed by atoms with Crippen molar-refractivity contribution in [3.8, 4) is 0 Å². The van der Waals surface area contributed by atoms with E-state index < -0.39 is 0 Å². The van der Waals surface area contributed by atoms with Crippen molar-refractivity contribution in [3.05, 3.63) is 0 Å². The third-order valence-corrected chi connectivity index (χ3v) is 12.1. The van der Waals surface area contributed by atoms with Crippen LogP contribution >= 0.6 is 0 Å². The number of nitrogens with one attached hydrogen (secondary N) is 3. The second-order valence-corrected chi connectivity index (χ2v) is 15.8. The normalized spacial score (nSPS) is 35.5. The van der Waals surface area contributed by atoms with Crippen LogP contribution in [0.2, 0.25) is 0 Å². The second-order valence-electron chi connectivity index (χ2n) is 15.8. The van der Waals surface area contributed by atoms with Crippen molar-refractivity contribution in [2.75, 3.05) is 0 Å². The van der Waals surface area contributed by atoms with Gasteiger partial charge in [-0.2, -0.15) is 0 Å². The molecule has 0 amide bonds. The average Bonchev–Trinajstić information content (AvgIpc) is 3.61. The lowest BCUT2D eigenvalue weighted by Crippen LogP contribution is -2.63. The highest BCUT2D eigenvalue weighted by Crippen LogP contribution is 2.40. The SMILES string of the molecule is CCCCCCCCC[C@@H]1C[C@@H]2CC[C@H]3[C@@H](C(=O)O[C@@H](C)CCCCC[C@H]4C[C@H]5CC[C@H]6C[C@@H](C)NC(=[N+]56)N4)[C@@H](C)N=C(N1)N23. The monoisotopic (exact) mass is 626 g/mol. The maximum atomic E-state index is 13.6. The van der Waals surface area contributed by atoms with Gasteiger partial charge in [-0.25, -0.2) is 4.99 Å². The zero-order valence-corrected chi connectivity index (χ0v) is 29.1. The third-order valence-electron chi connectivity index (χ3n) is 12.1. The lowest BCUT2D eigenvalue weighted by atomic mass is 9.89. The largest absolute Gasteiger partial charge is 0.462 e. The summed E-state index contributed by atoms with van der Waals surface area (Å²) in [6.45, 7) is 8.82. The maximum absolute atomic E-state index is 13.6. The number of aliphatic imine (C=N–C) groups is 1. The smallest absolute Gasteiger partial charge is 0.346 e. The van der Waals surface area contributed by atoms with E-state index in [0.29, 0.717) is 24.2 Å². The Hall–Kier alpha value is -1.99. The molecule has 254 valence electrons. The molecule has 6 heterocycles. The van der Waals surface area contributed by atoms with Gasteiger partial charge in [0.25, 0.3) is 0 Å². The Morgan fingerprint density at radius 1 is 0.867 bits per heavy atom. The van der Waals surface area contributed by atoms with Crippen LogP contribution in [0.3, 0.4) is 0 Å². The number of carbonyl (C=O) groups is 1. The second kappa shape index (κ2) is 15.3. The number of carbonyl (C=O) groups excluding carboxylic acids is 1. The molecule has 0 aliphatic carbocycles. The van der Waals surface area contributed by atoms with Crippen LogP contribution in [0.1, 0.15) is 156 Å². The molecule has 10 atom stereocenters. The van der Waals surface area contributed by atoms with Gasteiger partial charge in [-0.1, -0.05) is 64.7 Å². The Kier molecular flexibility index (Phi) is 11.2. The van der Waals surface area contributed by atoms with Crippen molar-refractivity contribution in [3.63, 3.8) is 0 Å². The molecular formula is C37H65N6O2+. The van der Waals surface area contributed by atoms with Gasteiger partial charge < -0.3 is 15.0 Å². The first-order chi connectivity index (χ1) is 21.9. The van der Waals surface area contributed by atoms with Crippen LogP contribution < -0.4 is 16.0 Å². The van der Waals surface area contributed by atoms with Gasteiger partial charge >= 0.3 is 11.9 Å². The first-order valence-corrected chi connectivity index (χ1v) is 19.4. The summed E-state index contributed by atoms with van der Waals surface area (Å²) in [5.74, 6) is 2.20. The van der Waals surface area contributed by atoms with Gasteiger partial charge in [0.2, 0.25) is 0 Å². The number of unbranched alkanes of at least 4 members (excludes halogenated alkanes) is 8. The summed E-state index contributed by atoms with van der Waals surface area (Å²) in [7, 11) is 0. The van der Waals surface area contributed by atoms with Crippen LogP contribution in [0, 0.1) is 5.92 Å². The standard InChI is InChI=1S/C37H64N6O2/c1-5-6-7-8-9-10-13-16-29-24-32-20-21-33-34(27(4)39-37(41-29)43(32)33)35(44)45-26(3)15-12-11-14-17-28-23-31-19-18-30-22-25(2)38-36(40-28)42(30)31/h25-34H,5-24H2,1-4H3,(H2,38,39,40,41)/p+1/t25-,26+,27-,28+,29-,30+,31-,32+,33+,34+/m1/s1.